The second kappa shape index (κ2) is 6.31. The summed E-state index contributed by atoms with van der Waals surface area (Å²) in [6, 6.07) is 4.54. The molecule has 0 saturated heterocycles. The number of carbonyl (C=O) groups excluding carboxylic acids is 1. The SMILES string of the molecule is Cc1cc(F)cc(C(=O)N(CC(N)=S)C2CCCC2)c1. The molecule has 1 amide bonds. The number of rotatable bonds is 4. The van der Waals surface area contributed by atoms with E-state index in [2.05, 4.69) is 0 Å². The maximum absolute atomic E-state index is 13.5. The molecular formula is C15H19FN2OS. The minimum Gasteiger partial charge on any atom is -0.392 e. The van der Waals surface area contributed by atoms with E-state index in [0.29, 0.717) is 10.6 Å². The molecule has 1 aromatic rings. The van der Waals surface area contributed by atoms with Crippen molar-refractivity contribution in [1.29, 1.82) is 0 Å². The van der Waals surface area contributed by atoms with E-state index in [1.807, 2.05) is 0 Å². The van der Waals surface area contributed by atoms with Gasteiger partial charge < -0.3 is 10.6 Å². The Morgan fingerprint density at radius 3 is 2.60 bits per heavy atom. The van der Waals surface area contributed by atoms with Crippen molar-refractivity contribution in [3.8, 4) is 0 Å². The first kappa shape index (κ1) is 14.9. The van der Waals surface area contributed by atoms with Crippen molar-refractivity contribution in [3.05, 3.63) is 35.1 Å². The Bertz CT molecular complexity index is 506. The van der Waals surface area contributed by atoms with Crippen LogP contribution in [0.25, 0.3) is 0 Å². The standard InChI is InChI=1S/C15H19FN2OS/c1-10-6-11(8-12(16)7-10)15(19)18(9-14(17)20)13-4-2-3-5-13/h6-8,13H,2-5,9H2,1H3,(H2,17,20). The van der Waals surface area contributed by atoms with E-state index in [1.165, 1.54) is 12.1 Å². The van der Waals surface area contributed by atoms with Crippen molar-refractivity contribution in [2.45, 2.75) is 38.6 Å². The fraction of sp³-hybridized carbons (Fsp3) is 0.467. The molecule has 1 aliphatic rings. The molecule has 1 saturated carbocycles. The Balaban J connectivity index is 2.26. The number of thiocarbonyl (C=S) groups is 1. The summed E-state index contributed by atoms with van der Waals surface area (Å²) in [6.07, 6.45) is 4.13. The molecule has 1 aromatic carbocycles. The number of nitrogens with two attached hydrogens (primary N) is 1. The number of hydrogen-bond donors (Lipinski definition) is 1. The van der Waals surface area contributed by atoms with Crippen LogP contribution in [0.5, 0.6) is 0 Å². The molecule has 0 heterocycles. The number of amides is 1. The van der Waals surface area contributed by atoms with Gasteiger partial charge in [0.05, 0.1) is 11.5 Å². The summed E-state index contributed by atoms with van der Waals surface area (Å²) < 4.78 is 13.5. The first-order chi connectivity index (χ1) is 9.47. The lowest BCUT2D eigenvalue weighted by Gasteiger charge is -2.28. The van der Waals surface area contributed by atoms with Crippen molar-refractivity contribution >= 4 is 23.1 Å². The van der Waals surface area contributed by atoms with E-state index < -0.39 is 5.82 Å². The molecule has 2 rings (SSSR count). The van der Waals surface area contributed by atoms with Gasteiger partial charge in [0.1, 0.15) is 5.82 Å². The molecule has 3 nitrogen and oxygen atoms in total. The summed E-state index contributed by atoms with van der Waals surface area (Å²) >= 11 is 4.94. The van der Waals surface area contributed by atoms with Gasteiger partial charge in [0.15, 0.2) is 0 Å². The van der Waals surface area contributed by atoms with Gasteiger partial charge in [-0.25, -0.2) is 4.39 Å². The van der Waals surface area contributed by atoms with Crippen LogP contribution in [0.1, 0.15) is 41.6 Å². The van der Waals surface area contributed by atoms with E-state index in [9.17, 15) is 9.18 Å². The third-order valence-corrected chi connectivity index (χ3v) is 3.77. The van der Waals surface area contributed by atoms with Crippen LogP contribution in [0, 0.1) is 12.7 Å². The Morgan fingerprint density at radius 1 is 1.40 bits per heavy atom. The first-order valence-corrected chi connectivity index (χ1v) is 7.24. The second-order valence-electron chi connectivity index (χ2n) is 5.35. The number of halogens is 1. The average Bonchev–Trinajstić information content (AvgIpc) is 2.87. The van der Waals surface area contributed by atoms with Gasteiger partial charge in [-0.15, -0.1) is 0 Å². The zero-order chi connectivity index (χ0) is 14.7. The summed E-state index contributed by atoms with van der Waals surface area (Å²) in [5, 5.41) is 0. The van der Waals surface area contributed by atoms with E-state index in [1.54, 1.807) is 17.9 Å². The molecule has 0 spiro atoms. The topological polar surface area (TPSA) is 46.3 Å². The van der Waals surface area contributed by atoms with Crippen LogP contribution in [0.2, 0.25) is 0 Å². The minimum absolute atomic E-state index is 0.160. The van der Waals surface area contributed by atoms with Crippen LogP contribution in [0.4, 0.5) is 4.39 Å². The Labute approximate surface area is 123 Å². The molecule has 0 unspecified atom stereocenters. The van der Waals surface area contributed by atoms with Gasteiger partial charge in [-0.3, -0.25) is 4.79 Å². The summed E-state index contributed by atoms with van der Waals surface area (Å²) in [6.45, 7) is 2.03. The molecule has 0 aliphatic heterocycles. The molecule has 1 fully saturated rings. The van der Waals surface area contributed by atoms with Gasteiger partial charge >= 0.3 is 0 Å². The van der Waals surface area contributed by atoms with Gasteiger partial charge in [0.25, 0.3) is 5.91 Å². The third-order valence-electron chi connectivity index (χ3n) is 3.64. The Hall–Kier alpha value is -1.49. The molecule has 1 aliphatic carbocycles. The smallest absolute Gasteiger partial charge is 0.254 e. The summed E-state index contributed by atoms with van der Waals surface area (Å²) in [4.78, 5) is 14.6. The van der Waals surface area contributed by atoms with Gasteiger partial charge in [-0.2, -0.15) is 0 Å². The highest BCUT2D eigenvalue weighted by Gasteiger charge is 2.28. The fourth-order valence-corrected chi connectivity index (χ4v) is 2.92. The number of aryl methyl sites for hydroxylation is 1. The highest BCUT2D eigenvalue weighted by molar-refractivity contribution is 7.80. The summed E-state index contributed by atoms with van der Waals surface area (Å²) in [5.41, 5.74) is 6.70. The molecule has 20 heavy (non-hydrogen) atoms. The van der Waals surface area contributed by atoms with Crippen molar-refractivity contribution < 1.29 is 9.18 Å². The van der Waals surface area contributed by atoms with E-state index in [-0.39, 0.29) is 18.5 Å². The van der Waals surface area contributed by atoms with Crippen LogP contribution in [-0.4, -0.2) is 28.4 Å². The second-order valence-corrected chi connectivity index (χ2v) is 5.88. The van der Waals surface area contributed by atoms with Crippen LogP contribution >= 0.6 is 12.2 Å². The van der Waals surface area contributed by atoms with Crippen molar-refractivity contribution in [3.63, 3.8) is 0 Å². The summed E-state index contributed by atoms with van der Waals surface area (Å²) in [5.74, 6) is -0.581. The predicted molar refractivity (Wildman–Crippen MR) is 81.2 cm³/mol. The molecule has 0 bridgehead atoms. The monoisotopic (exact) mass is 294 g/mol. The number of nitrogens with zero attached hydrogens (tertiary/aromatic N) is 1. The quantitative estimate of drug-likeness (QED) is 0.869. The van der Waals surface area contributed by atoms with Gasteiger partial charge in [-0.1, -0.05) is 25.1 Å². The van der Waals surface area contributed by atoms with Gasteiger partial charge in [0, 0.05) is 11.6 Å². The molecule has 108 valence electrons. The molecule has 0 atom stereocenters. The summed E-state index contributed by atoms with van der Waals surface area (Å²) in [7, 11) is 0. The van der Waals surface area contributed by atoms with Crippen LogP contribution in [0.3, 0.4) is 0 Å². The normalized spacial score (nSPS) is 15.3. The maximum Gasteiger partial charge on any atom is 0.254 e. The molecule has 0 radical (unpaired) electrons. The number of benzene rings is 1. The molecule has 5 heteroatoms. The van der Waals surface area contributed by atoms with E-state index >= 15 is 0 Å². The number of hydrogen-bond acceptors (Lipinski definition) is 2. The van der Waals surface area contributed by atoms with Crippen LogP contribution in [0.15, 0.2) is 18.2 Å². The Kier molecular flexibility index (Phi) is 4.70. The molecular weight excluding hydrogens is 275 g/mol. The van der Waals surface area contributed by atoms with Crippen LogP contribution < -0.4 is 5.73 Å². The van der Waals surface area contributed by atoms with Crippen LogP contribution in [-0.2, 0) is 0 Å². The minimum atomic E-state index is -0.393. The average molecular weight is 294 g/mol. The maximum atomic E-state index is 13.5. The zero-order valence-corrected chi connectivity index (χ0v) is 12.4. The predicted octanol–water partition coefficient (Wildman–Crippen LogP) is 2.81. The lowest BCUT2D eigenvalue weighted by Crippen LogP contribution is -2.43. The van der Waals surface area contributed by atoms with Gasteiger partial charge in [0.2, 0.25) is 0 Å². The third kappa shape index (κ3) is 3.54. The molecule has 2 N–H and O–H groups in total. The van der Waals surface area contributed by atoms with Crippen molar-refractivity contribution in [2.24, 2.45) is 5.73 Å². The number of carbonyl (C=O) groups is 1. The van der Waals surface area contributed by atoms with E-state index in [4.69, 9.17) is 18.0 Å². The lowest BCUT2D eigenvalue weighted by molar-refractivity contribution is 0.0714. The van der Waals surface area contributed by atoms with Crippen molar-refractivity contribution in [2.75, 3.05) is 6.54 Å². The Morgan fingerprint density at radius 2 is 2.05 bits per heavy atom. The first-order valence-electron chi connectivity index (χ1n) is 6.84. The van der Waals surface area contributed by atoms with Crippen molar-refractivity contribution in [1.82, 2.24) is 4.90 Å². The fourth-order valence-electron chi connectivity index (χ4n) is 2.78. The lowest BCUT2D eigenvalue weighted by atomic mass is 10.1. The molecule has 0 aromatic heterocycles. The highest BCUT2D eigenvalue weighted by atomic mass is 32.1. The largest absolute Gasteiger partial charge is 0.392 e. The van der Waals surface area contributed by atoms with E-state index in [0.717, 1.165) is 31.2 Å². The highest BCUT2D eigenvalue weighted by Crippen LogP contribution is 2.25. The van der Waals surface area contributed by atoms with Gasteiger partial charge in [-0.05, 0) is 43.5 Å². The zero-order valence-electron chi connectivity index (χ0n) is 11.6.